The van der Waals surface area contributed by atoms with Crippen LogP contribution in [-0.4, -0.2) is 70.0 Å². The van der Waals surface area contributed by atoms with Gasteiger partial charge in [-0.15, -0.1) is 0 Å². The molecule has 0 aromatic carbocycles. The Kier molecular flexibility index (Phi) is 59.4. The largest absolute Gasteiger partial charge is 0.756 e. The van der Waals surface area contributed by atoms with Crippen molar-refractivity contribution in [1.29, 1.82) is 0 Å². The van der Waals surface area contributed by atoms with Gasteiger partial charge >= 0.3 is 11.9 Å². The molecule has 0 aromatic rings. The Morgan fingerprint density at radius 1 is 0.385 bits per heavy atom. The summed E-state index contributed by atoms with van der Waals surface area (Å²) in [7, 11) is 1.19. The van der Waals surface area contributed by atoms with Gasteiger partial charge in [0.15, 0.2) is 6.10 Å². The molecule has 0 spiro atoms. The van der Waals surface area contributed by atoms with Crippen molar-refractivity contribution in [3.63, 3.8) is 0 Å². The second-order valence-corrected chi connectivity index (χ2v) is 26.3. The van der Waals surface area contributed by atoms with E-state index < -0.39 is 26.5 Å². The molecule has 0 saturated carbocycles. The molecule has 0 aliphatic rings. The number of rotatable bonds is 65. The fourth-order valence-electron chi connectivity index (χ4n) is 10.5. The molecular formula is C68H134NO8P. The molecule has 0 N–H and O–H groups in total. The Labute approximate surface area is 486 Å². The number of ether oxygens (including phenoxy) is 2. The minimum absolute atomic E-state index is 0.0258. The highest BCUT2D eigenvalue weighted by atomic mass is 31.2. The van der Waals surface area contributed by atoms with Gasteiger partial charge in [-0.1, -0.05) is 321 Å². The van der Waals surface area contributed by atoms with Crippen molar-refractivity contribution in [2.75, 3.05) is 47.5 Å². The Morgan fingerprint density at radius 3 is 0.949 bits per heavy atom. The molecule has 78 heavy (non-hydrogen) atoms. The van der Waals surface area contributed by atoms with Crippen LogP contribution in [0.2, 0.25) is 0 Å². The van der Waals surface area contributed by atoms with Crippen LogP contribution >= 0.6 is 7.82 Å². The van der Waals surface area contributed by atoms with E-state index in [0.29, 0.717) is 17.4 Å². The third kappa shape index (κ3) is 63.9. The van der Waals surface area contributed by atoms with Crippen molar-refractivity contribution in [1.82, 2.24) is 0 Å². The van der Waals surface area contributed by atoms with Crippen LogP contribution in [0.5, 0.6) is 0 Å². The maximum absolute atomic E-state index is 12.8. The highest BCUT2D eigenvalue weighted by molar-refractivity contribution is 7.45. The first-order chi connectivity index (χ1) is 38.0. The molecule has 0 radical (unpaired) electrons. The van der Waals surface area contributed by atoms with E-state index in [1.54, 1.807) is 0 Å². The van der Waals surface area contributed by atoms with E-state index in [1.807, 2.05) is 21.1 Å². The summed E-state index contributed by atoms with van der Waals surface area (Å²) in [5.41, 5.74) is 0. The number of nitrogens with zero attached hydrogens (tertiary/aromatic N) is 1. The number of hydrogen-bond donors (Lipinski definition) is 0. The van der Waals surface area contributed by atoms with E-state index in [2.05, 4.69) is 26.0 Å². The summed E-state index contributed by atoms with van der Waals surface area (Å²) in [5, 5.41) is 0. The van der Waals surface area contributed by atoms with Crippen LogP contribution in [0.4, 0.5) is 0 Å². The molecule has 2 unspecified atom stereocenters. The minimum Gasteiger partial charge on any atom is -0.756 e. The Morgan fingerprint density at radius 2 is 0.654 bits per heavy atom. The van der Waals surface area contributed by atoms with Crippen LogP contribution in [-0.2, 0) is 32.7 Å². The molecule has 0 amide bonds. The second kappa shape index (κ2) is 60.3. The van der Waals surface area contributed by atoms with Crippen molar-refractivity contribution in [3.8, 4) is 0 Å². The van der Waals surface area contributed by atoms with Crippen LogP contribution < -0.4 is 4.89 Å². The average Bonchev–Trinajstić information content (AvgIpc) is 3.40. The fourth-order valence-corrected chi connectivity index (χ4v) is 11.2. The van der Waals surface area contributed by atoms with Gasteiger partial charge in [0.2, 0.25) is 0 Å². The quantitative estimate of drug-likeness (QED) is 0.0195. The van der Waals surface area contributed by atoms with Gasteiger partial charge in [-0.2, -0.15) is 0 Å². The molecular weight excluding hydrogens is 990 g/mol. The zero-order chi connectivity index (χ0) is 57.0. The van der Waals surface area contributed by atoms with Gasteiger partial charge in [0.05, 0.1) is 27.7 Å². The molecule has 9 nitrogen and oxygen atoms in total. The number of hydrogen-bond acceptors (Lipinski definition) is 8. The predicted molar refractivity (Wildman–Crippen MR) is 333 cm³/mol. The smallest absolute Gasteiger partial charge is 0.306 e. The van der Waals surface area contributed by atoms with E-state index in [1.165, 1.54) is 295 Å². The zero-order valence-corrected chi connectivity index (χ0v) is 53.8. The zero-order valence-electron chi connectivity index (χ0n) is 52.9. The Balaban J connectivity index is 3.79. The molecule has 0 heterocycles. The second-order valence-electron chi connectivity index (χ2n) is 24.9. The van der Waals surface area contributed by atoms with Crippen LogP contribution in [0, 0.1) is 0 Å². The van der Waals surface area contributed by atoms with E-state index in [9.17, 15) is 19.0 Å². The van der Waals surface area contributed by atoms with Crippen LogP contribution in [0.3, 0.4) is 0 Å². The Bertz CT molecular complexity index is 1320. The first-order valence-electron chi connectivity index (χ1n) is 34.4. The molecule has 0 saturated heterocycles. The summed E-state index contributed by atoms with van der Waals surface area (Å²) >= 11 is 0. The molecule has 0 aliphatic carbocycles. The SMILES string of the molecule is CCCCCCCCCC/C=C\CCCCCCCCCCCCCCCCCCCCCCCCCCCCCCCC(=O)OC(COC(=O)CCCCCCCCCCCCCCC)COP(=O)([O-])OCC[N+](C)(C)C. The summed E-state index contributed by atoms with van der Waals surface area (Å²) in [6.45, 7) is 4.30. The lowest BCUT2D eigenvalue weighted by Crippen LogP contribution is -2.37. The van der Waals surface area contributed by atoms with E-state index in [4.69, 9.17) is 18.5 Å². The highest BCUT2D eigenvalue weighted by Gasteiger charge is 2.22. The van der Waals surface area contributed by atoms with Gasteiger partial charge in [-0.25, -0.2) is 0 Å². The summed E-state index contributed by atoms with van der Waals surface area (Å²) in [6.07, 6.45) is 73.3. The lowest BCUT2D eigenvalue weighted by molar-refractivity contribution is -0.870. The van der Waals surface area contributed by atoms with Crippen molar-refractivity contribution >= 4 is 19.8 Å². The number of phosphoric ester groups is 1. The molecule has 10 heteroatoms. The van der Waals surface area contributed by atoms with E-state index >= 15 is 0 Å². The van der Waals surface area contributed by atoms with Crippen molar-refractivity contribution in [2.45, 2.75) is 367 Å². The number of unbranched alkanes of at least 4 members (excludes halogenated alkanes) is 49. The lowest BCUT2D eigenvalue weighted by Gasteiger charge is -2.28. The summed E-state index contributed by atoms with van der Waals surface area (Å²) in [5.74, 6) is -0.811. The van der Waals surface area contributed by atoms with Crippen molar-refractivity contribution in [2.24, 2.45) is 0 Å². The lowest BCUT2D eigenvalue weighted by atomic mass is 10.0. The van der Waals surface area contributed by atoms with Gasteiger partial charge in [-0.3, -0.25) is 14.2 Å². The molecule has 464 valence electrons. The standard InChI is InChI=1S/C68H134NO8P/c1-6-8-10-12-14-16-18-20-21-22-23-24-25-26-27-28-29-30-31-32-33-34-35-36-37-38-39-40-41-42-43-44-45-46-47-49-51-53-55-57-59-61-68(71)77-66(65-76-78(72,73)75-63-62-69(3,4)5)64-74-67(70)60-58-56-54-52-50-48-19-17-15-13-11-9-7-2/h22-23,66H,6-21,24-65H2,1-5H3/b23-22-. The summed E-state index contributed by atoms with van der Waals surface area (Å²) in [4.78, 5) is 37.8. The molecule has 0 rings (SSSR count). The Hall–Kier alpha value is -1.25. The molecule has 0 aliphatic heterocycles. The van der Waals surface area contributed by atoms with Crippen molar-refractivity contribution < 1.29 is 42.1 Å². The maximum atomic E-state index is 12.8. The van der Waals surface area contributed by atoms with Crippen LogP contribution in [0.15, 0.2) is 12.2 Å². The number of carbonyl (C=O) groups excluding carboxylic acids is 2. The van der Waals surface area contributed by atoms with Gasteiger partial charge < -0.3 is 27.9 Å². The van der Waals surface area contributed by atoms with Gasteiger partial charge in [0.1, 0.15) is 19.8 Å². The summed E-state index contributed by atoms with van der Waals surface area (Å²) < 4.78 is 34.2. The first-order valence-corrected chi connectivity index (χ1v) is 35.9. The fraction of sp³-hybridized carbons (Fsp3) is 0.941. The number of quaternary nitrogens is 1. The third-order valence-corrected chi connectivity index (χ3v) is 16.7. The van der Waals surface area contributed by atoms with Crippen LogP contribution in [0.1, 0.15) is 361 Å². The normalized spacial score (nSPS) is 13.2. The number of allylic oxidation sites excluding steroid dienone is 2. The van der Waals surface area contributed by atoms with E-state index in [-0.39, 0.29) is 32.0 Å². The predicted octanol–water partition coefficient (Wildman–Crippen LogP) is 21.3. The van der Waals surface area contributed by atoms with Gasteiger partial charge in [0.25, 0.3) is 7.82 Å². The van der Waals surface area contributed by atoms with E-state index in [0.717, 1.165) is 32.1 Å². The maximum Gasteiger partial charge on any atom is 0.306 e. The average molecular weight is 1120 g/mol. The van der Waals surface area contributed by atoms with Gasteiger partial charge in [0, 0.05) is 12.8 Å². The number of likely N-dealkylation sites (N-methyl/N-ethyl adjacent to an activating group) is 1. The third-order valence-electron chi connectivity index (χ3n) is 15.8. The topological polar surface area (TPSA) is 111 Å². The molecule has 2 atom stereocenters. The highest BCUT2D eigenvalue weighted by Crippen LogP contribution is 2.38. The van der Waals surface area contributed by atoms with Gasteiger partial charge in [-0.05, 0) is 38.5 Å². The molecule has 0 aromatic heterocycles. The first kappa shape index (κ1) is 76.8. The minimum atomic E-state index is -4.63. The number of carbonyl (C=O) groups is 2. The van der Waals surface area contributed by atoms with Crippen molar-refractivity contribution in [3.05, 3.63) is 12.2 Å². The number of phosphoric acid groups is 1. The monoisotopic (exact) mass is 1120 g/mol. The summed E-state index contributed by atoms with van der Waals surface area (Å²) in [6, 6.07) is 0. The molecule has 0 fully saturated rings. The van der Waals surface area contributed by atoms with Crippen LogP contribution in [0.25, 0.3) is 0 Å². The molecule has 0 bridgehead atoms. The number of esters is 2.